The summed E-state index contributed by atoms with van der Waals surface area (Å²) in [7, 11) is -0.629. The lowest BCUT2D eigenvalue weighted by Crippen LogP contribution is -2.56. The first-order valence-electron chi connectivity index (χ1n) is 6.44. The summed E-state index contributed by atoms with van der Waals surface area (Å²) in [5, 5.41) is 3.66. The molecule has 3 unspecified atom stereocenters. The molecule has 16 heavy (non-hydrogen) atoms. The van der Waals surface area contributed by atoms with Crippen molar-refractivity contribution in [1.29, 1.82) is 0 Å². The highest BCUT2D eigenvalue weighted by molar-refractivity contribution is 7.84. The van der Waals surface area contributed by atoms with Gasteiger partial charge in [-0.15, -0.1) is 0 Å². The van der Waals surface area contributed by atoms with Crippen LogP contribution in [0.25, 0.3) is 0 Å². The van der Waals surface area contributed by atoms with Crippen LogP contribution in [-0.2, 0) is 10.8 Å². The molecule has 1 saturated carbocycles. The van der Waals surface area contributed by atoms with Crippen molar-refractivity contribution >= 4 is 10.8 Å². The summed E-state index contributed by atoms with van der Waals surface area (Å²) in [6, 6.07) is 1.36. The molecule has 1 saturated heterocycles. The molecule has 2 rings (SSSR count). The van der Waals surface area contributed by atoms with Crippen LogP contribution in [0.4, 0.5) is 0 Å². The van der Waals surface area contributed by atoms with E-state index in [0.29, 0.717) is 6.04 Å². The first-order chi connectivity index (χ1) is 7.66. The van der Waals surface area contributed by atoms with E-state index in [-0.39, 0.29) is 0 Å². The summed E-state index contributed by atoms with van der Waals surface area (Å²) < 4.78 is 11.0. The molecule has 1 aliphatic carbocycles. The number of nitrogens with one attached hydrogen (secondary N) is 1. The molecule has 3 atom stereocenters. The van der Waals surface area contributed by atoms with Gasteiger partial charge in [0.25, 0.3) is 0 Å². The maximum atomic E-state index is 11.0. The van der Waals surface area contributed by atoms with Crippen molar-refractivity contribution in [2.24, 2.45) is 5.92 Å². The zero-order valence-electron chi connectivity index (χ0n) is 10.4. The topological polar surface area (TPSA) is 32.3 Å². The number of rotatable bonds is 5. The van der Waals surface area contributed by atoms with Gasteiger partial charge in [0.1, 0.15) is 0 Å². The summed E-state index contributed by atoms with van der Waals surface area (Å²) in [5.74, 6) is 1.79. The molecular formula is C12H24N2OS. The molecule has 0 aromatic rings. The molecule has 1 N–H and O–H groups in total. The van der Waals surface area contributed by atoms with E-state index >= 15 is 0 Å². The van der Waals surface area contributed by atoms with Gasteiger partial charge in [-0.1, -0.05) is 0 Å². The van der Waals surface area contributed by atoms with Crippen LogP contribution in [-0.4, -0.2) is 52.8 Å². The third kappa shape index (κ3) is 3.54. The fourth-order valence-electron chi connectivity index (χ4n) is 2.55. The number of nitrogens with zero attached hydrogens (tertiary/aromatic N) is 1. The Morgan fingerprint density at radius 3 is 2.81 bits per heavy atom. The molecule has 94 valence electrons. The minimum Gasteiger partial charge on any atom is -0.311 e. The van der Waals surface area contributed by atoms with Crippen LogP contribution in [0.2, 0.25) is 0 Å². The normalized spacial score (nSPS) is 33.9. The van der Waals surface area contributed by atoms with Crippen molar-refractivity contribution in [1.82, 2.24) is 10.2 Å². The second-order valence-corrected chi connectivity index (χ2v) is 6.88. The summed E-state index contributed by atoms with van der Waals surface area (Å²) >= 11 is 0. The van der Waals surface area contributed by atoms with E-state index in [1.807, 2.05) is 0 Å². The Balaban J connectivity index is 1.74. The highest BCUT2D eigenvalue weighted by atomic mass is 32.2. The Bertz CT molecular complexity index is 255. The quantitative estimate of drug-likeness (QED) is 0.777. The van der Waals surface area contributed by atoms with Gasteiger partial charge in [0.2, 0.25) is 0 Å². The fourth-order valence-corrected chi connectivity index (χ4v) is 3.08. The summed E-state index contributed by atoms with van der Waals surface area (Å²) in [6.45, 7) is 5.73. The van der Waals surface area contributed by atoms with Gasteiger partial charge >= 0.3 is 0 Å². The van der Waals surface area contributed by atoms with E-state index in [4.69, 9.17) is 0 Å². The molecule has 0 bridgehead atoms. The van der Waals surface area contributed by atoms with Gasteiger partial charge in [0.05, 0.1) is 0 Å². The van der Waals surface area contributed by atoms with Crippen LogP contribution in [0.1, 0.15) is 26.2 Å². The first-order valence-corrected chi connectivity index (χ1v) is 8.17. The monoisotopic (exact) mass is 244 g/mol. The van der Waals surface area contributed by atoms with Gasteiger partial charge in [-0.3, -0.25) is 9.11 Å². The smallest absolute Gasteiger partial charge is 0.0244 e. The Hall–Kier alpha value is 0.0700. The molecule has 2 fully saturated rings. The van der Waals surface area contributed by atoms with Crippen LogP contribution in [0.5, 0.6) is 0 Å². The molecule has 1 heterocycles. The van der Waals surface area contributed by atoms with Gasteiger partial charge < -0.3 is 5.32 Å². The zero-order chi connectivity index (χ0) is 11.5. The van der Waals surface area contributed by atoms with Crippen molar-refractivity contribution in [2.75, 3.05) is 31.6 Å². The second kappa shape index (κ2) is 5.61. The van der Waals surface area contributed by atoms with E-state index in [1.165, 1.54) is 19.4 Å². The van der Waals surface area contributed by atoms with E-state index in [1.54, 1.807) is 6.26 Å². The lowest BCUT2D eigenvalue weighted by Gasteiger charge is -2.39. The Kier molecular flexibility index (Phi) is 4.39. The lowest BCUT2D eigenvalue weighted by atomic mass is 10.1. The summed E-state index contributed by atoms with van der Waals surface area (Å²) in [6.07, 6.45) is 5.71. The second-order valence-electron chi connectivity index (χ2n) is 5.33. The van der Waals surface area contributed by atoms with Gasteiger partial charge in [0, 0.05) is 48.0 Å². The predicted molar refractivity (Wildman–Crippen MR) is 69.1 cm³/mol. The average molecular weight is 244 g/mol. The first kappa shape index (κ1) is 12.5. The van der Waals surface area contributed by atoms with Crippen LogP contribution < -0.4 is 5.32 Å². The lowest BCUT2D eigenvalue weighted by molar-refractivity contribution is 0.133. The van der Waals surface area contributed by atoms with Gasteiger partial charge in [0.15, 0.2) is 0 Å². The van der Waals surface area contributed by atoms with Crippen LogP contribution in [0.15, 0.2) is 0 Å². The van der Waals surface area contributed by atoms with Crippen LogP contribution >= 0.6 is 0 Å². The van der Waals surface area contributed by atoms with E-state index in [0.717, 1.165) is 37.2 Å². The minimum atomic E-state index is -0.629. The maximum absolute atomic E-state index is 11.0. The molecule has 2 aliphatic rings. The predicted octanol–water partition coefficient (Wildman–Crippen LogP) is 0.827. The minimum absolute atomic E-state index is 0.629. The number of hydrogen-bond donors (Lipinski definition) is 1. The van der Waals surface area contributed by atoms with E-state index in [9.17, 15) is 4.21 Å². The number of hydrogen-bond acceptors (Lipinski definition) is 3. The van der Waals surface area contributed by atoms with Crippen LogP contribution in [0.3, 0.4) is 0 Å². The van der Waals surface area contributed by atoms with E-state index < -0.39 is 10.8 Å². The molecule has 0 spiro atoms. The van der Waals surface area contributed by atoms with Gasteiger partial charge in [-0.25, -0.2) is 0 Å². The Morgan fingerprint density at radius 1 is 1.44 bits per heavy atom. The summed E-state index contributed by atoms with van der Waals surface area (Å²) in [4.78, 5) is 2.58. The largest absolute Gasteiger partial charge is 0.311 e. The third-order valence-corrected chi connectivity index (χ3v) is 4.66. The highest BCUT2D eigenvalue weighted by Gasteiger charge is 2.35. The van der Waals surface area contributed by atoms with Crippen molar-refractivity contribution in [3.05, 3.63) is 0 Å². The van der Waals surface area contributed by atoms with Crippen molar-refractivity contribution in [3.63, 3.8) is 0 Å². The molecule has 0 amide bonds. The average Bonchev–Trinajstić information content (AvgIpc) is 3.04. The molecule has 3 nitrogen and oxygen atoms in total. The molecule has 0 aromatic carbocycles. The summed E-state index contributed by atoms with van der Waals surface area (Å²) in [5.41, 5.74) is 0. The molecular weight excluding hydrogens is 220 g/mol. The molecule has 1 aliphatic heterocycles. The highest BCUT2D eigenvalue weighted by Crippen LogP contribution is 2.34. The molecule has 0 radical (unpaired) electrons. The van der Waals surface area contributed by atoms with Crippen LogP contribution in [0, 0.1) is 5.92 Å². The zero-order valence-corrected chi connectivity index (χ0v) is 11.3. The Morgan fingerprint density at radius 2 is 2.19 bits per heavy atom. The fraction of sp³-hybridized carbons (Fsp3) is 1.00. The molecule has 4 heteroatoms. The number of piperazine rings is 1. The van der Waals surface area contributed by atoms with E-state index in [2.05, 4.69) is 17.1 Å². The van der Waals surface area contributed by atoms with Gasteiger partial charge in [-0.2, -0.15) is 0 Å². The van der Waals surface area contributed by atoms with Crippen molar-refractivity contribution < 1.29 is 4.21 Å². The molecule has 0 aromatic heterocycles. The van der Waals surface area contributed by atoms with Crippen molar-refractivity contribution in [3.8, 4) is 0 Å². The van der Waals surface area contributed by atoms with Crippen molar-refractivity contribution in [2.45, 2.75) is 38.3 Å². The van der Waals surface area contributed by atoms with Gasteiger partial charge in [-0.05, 0) is 38.6 Å². The Labute approximate surface area is 101 Å². The maximum Gasteiger partial charge on any atom is 0.0244 e. The SMILES string of the molecule is CC1CNC(C2CC2)CN1CCCS(C)=O. The standard InChI is InChI=1S/C12H24N2OS/c1-10-8-13-12(11-4-5-11)9-14(10)6-3-7-16(2)15/h10-13H,3-9H2,1-2H3. The third-order valence-electron chi connectivity index (χ3n) is 3.80.